The van der Waals surface area contributed by atoms with Crippen molar-refractivity contribution in [1.29, 1.82) is 0 Å². The topological polar surface area (TPSA) is 18.5 Å². The summed E-state index contributed by atoms with van der Waals surface area (Å²) < 4.78 is 12.1. The molecule has 0 N–H and O–H groups in total. The van der Waals surface area contributed by atoms with Gasteiger partial charge < -0.3 is 9.47 Å². The zero-order valence-electron chi connectivity index (χ0n) is 24.4. The van der Waals surface area contributed by atoms with Crippen LogP contribution < -0.4 is 36.6 Å². The van der Waals surface area contributed by atoms with E-state index in [-0.39, 0.29) is 0 Å². The van der Waals surface area contributed by atoms with Gasteiger partial charge in [0.15, 0.2) is 0 Å². The molecule has 0 aromatic heterocycles. The Kier molecular flexibility index (Phi) is 9.41. The minimum absolute atomic E-state index is 0.502. The number of rotatable bonds is 10. The van der Waals surface area contributed by atoms with Crippen LogP contribution in [0.2, 0.25) is 0 Å². The van der Waals surface area contributed by atoms with Gasteiger partial charge in [0.1, 0.15) is 5.75 Å². The van der Waals surface area contributed by atoms with Gasteiger partial charge in [0.05, 0.1) is 13.7 Å². The molecule has 0 aliphatic heterocycles. The van der Waals surface area contributed by atoms with E-state index in [1.54, 1.807) is 14.2 Å². The zero-order valence-corrected chi connectivity index (χ0v) is 26.2. The summed E-state index contributed by atoms with van der Waals surface area (Å²) in [6, 6.07) is 56.8. The number of hydrogen-bond donors (Lipinski definition) is 0. The third-order valence-corrected chi connectivity index (χ3v) is 12.4. The van der Waals surface area contributed by atoms with Crippen molar-refractivity contribution < 1.29 is 9.47 Å². The molecule has 0 saturated carbocycles. The van der Waals surface area contributed by atoms with Crippen LogP contribution in [0, 0.1) is 0 Å². The van der Waals surface area contributed by atoms with Gasteiger partial charge in [0.25, 0.3) is 0 Å². The highest BCUT2D eigenvalue weighted by Crippen LogP contribution is 2.45. The largest absolute Gasteiger partial charge is 0.496 e. The Morgan fingerprint density at radius 3 is 1.21 bits per heavy atom. The smallest absolute Gasteiger partial charge is 0.127 e. The van der Waals surface area contributed by atoms with E-state index in [2.05, 4.69) is 158 Å². The lowest BCUT2D eigenvalue weighted by atomic mass is 9.98. The van der Waals surface area contributed by atoms with Crippen LogP contribution in [0.5, 0.6) is 5.75 Å². The fourth-order valence-corrected chi connectivity index (χ4v) is 10.6. The van der Waals surface area contributed by atoms with Crippen LogP contribution in [-0.4, -0.2) is 14.2 Å². The van der Waals surface area contributed by atoms with E-state index >= 15 is 0 Å². The Hall–Kier alpha value is -4.06. The molecule has 2 nitrogen and oxygen atoms in total. The van der Waals surface area contributed by atoms with E-state index in [1.165, 1.54) is 37.4 Å². The first kappa shape index (κ1) is 29.0. The molecule has 0 heterocycles. The molecule has 6 aromatic carbocycles. The number of ether oxygens (including phenoxy) is 2. The predicted molar refractivity (Wildman–Crippen MR) is 187 cm³/mol. The molecule has 0 aliphatic carbocycles. The van der Waals surface area contributed by atoms with Crippen molar-refractivity contribution >= 4 is 47.7 Å². The van der Waals surface area contributed by atoms with Crippen molar-refractivity contribution in [2.75, 3.05) is 14.2 Å². The van der Waals surface area contributed by atoms with Gasteiger partial charge in [0, 0.05) is 12.7 Å². The van der Waals surface area contributed by atoms with E-state index in [9.17, 15) is 0 Å². The predicted octanol–water partition coefficient (Wildman–Crippen LogP) is 7.03. The minimum atomic E-state index is -0.888. The van der Waals surface area contributed by atoms with Gasteiger partial charge in [-0.25, -0.2) is 0 Å². The molecule has 0 aliphatic rings. The summed E-state index contributed by atoms with van der Waals surface area (Å²) >= 11 is 0. The van der Waals surface area contributed by atoms with Crippen molar-refractivity contribution in [3.05, 3.63) is 163 Å². The zero-order chi connectivity index (χ0) is 29.4. The second-order valence-electron chi connectivity index (χ2n) is 10.1. The second-order valence-corrected chi connectivity index (χ2v) is 14.5. The minimum Gasteiger partial charge on any atom is -0.496 e. The summed E-state index contributed by atoms with van der Waals surface area (Å²) in [6.45, 7) is 0.502. The molecule has 6 rings (SSSR count). The Morgan fingerprint density at radius 2 is 0.814 bits per heavy atom. The number of methoxy groups -OCH3 is 2. The lowest BCUT2D eigenvalue weighted by molar-refractivity contribution is 0.185. The van der Waals surface area contributed by atoms with Crippen LogP contribution in [0.4, 0.5) is 0 Å². The van der Waals surface area contributed by atoms with Crippen LogP contribution in [0.25, 0.3) is 11.1 Å². The number of hydrogen-bond acceptors (Lipinski definition) is 2. The maximum atomic E-state index is 6.22. The highest BCUT2D eigenvalue weighted by molar-refractivity contribution is 7.80. The SMILES string of the molecule is COCc1cccc(P(c2ccccc2)c2ccccc2)c1-c1c(OC)cccc1P(c1ccccc1)c1ccccc1. The van der Waals surface area contributed by atoms with Crippen LogP contribution in [-0.2, 0) is 11.3 Å². The van der Waals surface area contributed by atoms with Crippen LogP contribution in [0.15, 0.2) is 158 Å². The summed E-state index contributed by atoms with van der Waals surface area (Å²) in [7, 11) is 1.79. The molecule has 0 spiro atoms. The Bertz CT molecular complexity index is 1680. The van der Waals surface area contributed by atoms with E-state index in [1.807, 2.05) is 0 Å². The van der Waals surface area contributed by atoms with Gasteiger partial charge in [-0.2, -0.15) is 0 Å². The van der Waals surface area contributed by atoms with E-state index in [0.29, 0.717) is 6.61 Å². The number of benzene rings is 6. The Balaban J connectivity index is 1.70. The highest BCUT2D eigenvalue weighted by Gasteiger charge is 2.29. The molecule has 43 heavy (non-hydrogen) atoms. The normalized spacial score (nSPS) is 11.2. The van der Waals surface area contributed by atoms with Crippen LogP contribution >= 0.6 is 15.8 Å². The summed E-state index contributed by atoms with van der Waals surface area (Å²) in [5.74, 6) is 0.873. The van der Waals surface area contributed by atoms with Gasteiger partial charge in [-0.1, -0.05) is 152 Å². The van der Waals surface area contributed by atoms with Crippen molar-refractivity contribution in [2.24, 2.45) is 0 Å². The summed E-state index contributed by atoms with van der Waals surface area (Å²) in [5.41, 5.74) is 3.50. The van der Waals surface area contributed by atoms with Crippen molar-refractivity contribution in [3.8, 4) is 16.9 Å². The lowest BCUT2D eigenvalue weighted by Crippen LogP contribution is -2.27. The first-order valence-corrected chi connectivity index (χ1v) is 17.1. The molecule has 0 radical (unpaired) electrons. The van der Waals surface area contributed by atoms with Gasteiger partial charge >= 0.3 is 0 Å². The molecule has 4 heteroatoms. The van der Waals surface area contributed by atoms with Gasteiger partial charge in [-0.05, 0) is 64.9 Å². The van der Waals surface area contributed by atoms with Crippen LogP contribution in [0.3, 0.4) is 0 Å². The molecule has 0 fully saturated rings. The highest BCUT2D eigenvalue weighted by atomic mass is 31.1. The van der Waals surface area contributed by atoms with E-state index in [0.717, 1.165) is 16.9 Å². The molecule has 0 bridgehead atoms. The van der Waals surface area contributed by atoms with Crippen LogP contribution in [0.1, 0.15) is 5.56 Å². The fourth-order valence-electron chi connectivity index (χ4n) is 5.63. The monoisotopic (exact) mass is 596 g/mol. The third kappa shape index (κ3) is 6.20. The maximum Gasteiger partial charge on any atom is 0.127 e. The molecule has 0 unspecified atom stereocenters. The molecule has 6 aromatic rings. The first-order chi connectivity index (χ1) is 21.3. The van der Waals surface area contributed by atoms with E-state index in [4.69, 9.17) is 9.47 Å². The molecule has 212 valence electrons. The standard InChI is InChI=1S/C39H34O2P2/c1-40-29-30-17-15-27-36(42(31-18-7-3-8-19-31)32-20-9-4-10-21-32)38(30)39-35(41-2)26-16-28-37(39)43(33-22-11-5-12-23-33)34-24-13-6-14-25-34/h3-28H,29H2,1-2H3. The van der Waals surface area contributed by atoms with Gasteiger partial charge in [0.2, 0.25) is 0 Å². The molecular weight excluding hydrogens is 562 g/mol. The summed E-state index contributed by atoms with van der Waals surface area (Å²) in [6.07, 6.45) is 0. The summed E-state index contributed by atoms with van der Waals surface area (Å²) in [5, 5.41) is 7.79. The van der Waals surface area contributed by atoms with Crippen molar-refractivity contribution in [3.63, 3.8) is 0 Å². The maximum absolute atomic E-state index is 6.22. The van der Waals surface area contributed by atoms with Gasteiger partial charge in [-0.15, -0.1) is 0 Å². The fraction of sp³-hybridized carbons (Fsp3) is 0.0769. The molecule has 0 atom stereocenters. The molecule has 0 amide bonds. The second kappa shape index (κ2) is 13.9. The average Bonchev–Trinajstić information content (AvgIpc) is 3.07. The molecular formula is C39H34O2P2. The Labute approximate surface area is 257 Å². The van der Waals surface area contributed by atoms with Gasteiger partial charge in [-0.3, -0.25) is 0 Å². The van der Waals surface area contributed by atoms with Crippen molar-refractivity contribution in [2.45, 2.75) is 6.61 Å². The van der Waals surface area contributed by atoms with Crippen molar-refractivity contribution in [1.82, 2.24) is 0 Å². The Morgan fingerprint density at radius 1 is 0.419 bits per heavy atom. The average molecular weight is 597 g/mol. The van der Waals surface area contributed by atoms with E-state index < -0.39 is 15.8 Å². The third-order valence-electron chi connectivity index (χ3n) is 7.44. The lowest BCUT2D eigenvalue weighted by Gasteiger charge is -2.29. The summed E-state index contributed by atoms with van der Waals surface area (Å²) in [4.78, 5) is 0. The first-order valence-electron chi connectivity index (χ1n) is 14.4. The molecule has 0 saturated heterocycles. The quantitative estimate of drug-likeness (QED) is 0.158.